The van der Waals surface area contributed by atoms with Crippen molar-refractivity contribution >= 4 is 11.6 Å². The zero-order chi connectivity index (χ0) is 8.55. The van der Waals surface area contributed by atoms with E-state index in [-0.39, 0.29) is 5.91 Å². The van der Waals surface area contributed by atoms with Gasteiger partial charge in [0.15, 0.2) is 0 Å². The van der Waals surface area contributed by atoms with Crippen molar-refractivity contribution in [3.05, 3.63) is 29.8 Å². The molecule has 2 nitrogen and oxygen atoms in total. The molecule has 1 radical (unpaired) electrons. The van der Waals surface area contributed by atoms with E-state index in [0.717, 1.165) is 18.7 Å². The van der Waals surface area contributed by atoms with Crippen LogP contribution in [0.2, 0.25) is 0 Å². The molecule has 0 unspecified atom stereocenters. The quantitative estimate of drug-likeness (QED) is 0.561. The molecule has 0 spiro atoms. The number of carbonyl (C=O) groups excluding carboxylic acids is 1. The van der Waals surface area contributed by atoms with Crippen LogP contribution in [0.15, 0.2) is 18.2 Å². The number of anilines is 1. The summed E-state index contributed by atoms with van der Waals surface area (Å²) < 4.78 is 0. The predicted octanol–water partition coefficient (Wildman–Crippen LogP) is 1.40. The van der Waals surface area contributed by atoms with Gasteiger partial charge in [0, 0.05) is 19.2 Å². The maximum absolute atomic E-state index is 11.1. The molecule has 0 fully saturated rings. The van der Waals surface area contributed by atoms with Crippen LogP contribution >= 0.6 is 0 Å². The van der Waals surface area contributed by atoms with Gasteiger partial charge in [0.1, 0.15) is 0 Å². The van der Waals surface area contributed by atoms with Crippen molar-refractivity contribution in [1.82, 2.24) is 0 Å². The molecular formula is C10H10NO. The van der Waals surface area contributed by atoms with Crippen molar-refractivity contribution in [2.45, 2.75) is 13.3 Å². The lowest BCUT2D eigenvalue weighted by Crippen LogP contribution is -2.25. The van der Waals surface area contributed by atoms with Gasteiger partial charge < -0.3 is 4.90 Å². The molecule has 2 rings (SSSR count). The van der Waals surface area contributed by atoms with E-state index in [1.165, 1.54) is 5.56 Å². The van der Waals surface area contributed by atoms with Crippen LogP contribution in [0, 0.1) is 6.07 Å². The van der Waals surface area contributed by atoms with Crippen molar-refractivity contribution in [3.63, 3.8) is 0 Å². The Bertz CT molecular complexity index is 319. The monoisotopic (exact) mass is 160 g/mol. The van der Waals surface area contributed by atoms with Crippen LogP contribution in [0.1, 0.15) is 12.5 Å². The van der Waals surface area contributed by atoms with Gasteiger partial charge in [0.05, 0.1) is 0 Å². The third-order valence-corrected chi connectivity index (χ3v) is 2.20. The number of benzene rings is 1. The molecule has 61 valence electrons. The summed E-state index contributed by atoms with van der Waals surface area (Å²) >= 11 is 0. The van der Waals surface area contributed by atoms with Crippen molar-refractivity contribution in [2.24, 2.45) is 0 Å². The minimum absolute atomic E-state index is 0.125. The van der Waals surface area contributed by atoms with E-state index in [0.29, 0.717) is 0 Å². The first-order valence-corrected chi connectivity index (χ1v) is 4.06. The molecule has 0 aromatic heterocycles. The third-order valence-electron chi connectivity index (χ3n) is 2.20. The molecule has 0 atom stereocenters. The normalized spacial score (nSPS) is 14.6. The summed E-state index contributed by atoms with van der Waals surface area (Å²) in [6, 6.07) is 8.77. The van der Waals surface area contributed by atoms with Crippen LogP contribution in [0.4, 0.5) is 5.69 Å². The highest BCUT2D eigenvalue weighted by Gasteiger charge is 2.20. The average Bonchev–Trinajstić information content (AvgIpc) is 2.47. The van der Waals surface area contributed by atoms with E-state index in [2.05, 4.69) is 6.07 Å². The highest BCUT2D eigenvalue weighted by atomic mass is 16.2. The summed E-state index contributed by atoms with van der Waals surface area (Å²) in [5.74, 6) is 0.125. The van der Waals surface area contributed by atoms with Gasteiger partial charge in [-0.3, -0.25) is 4.79 Å². The molecule has 0 bridgehead atoms. The Balaban J connectivity index is 2.42. The minimum Gasteiger partial charge on any atom is -0.312 e. The zero-order valence-electron chi connectivity index (χ0n) is 7.00. The zero-order valence-corrected chi connectivity index (χ0v) is 7.00. The van der Waals surface area contributed by atoms with Crippen LogP contribution in [0.5, 0.6) is 0 Å². The highest BCUT2D eigenvalue weighted by Crippen LogP contribution is 2.26. The lowest BCUT2D eigenvalue weighted by molar-refractivity contribution is -0.116. The Morgan fingerprint density at radius 2 is 2.50 bits per heavy atom. The second kappa shape index (κ2) is 2.63. The van der Waals surface area contributed by atoms with Crippen LogP contribution in [0.25, 0.3) is 0 Å². The molecule has 1 aliphatic heterocycles. The van der Waals surface area contributed by atoms with Gasteiger partial charge in [-0.15, -0.1) is 0 Å². The Labute approximate surface area is 71.8 Å². The molecule has 1 amide bonds. The van der Waals surface area contributed by atoms with Gasteiger partial charge in [-0.2, -0.15) is 0 Å². The first-order valence-electron chi connectivity index (χ1n) is 4.06. The first kappa shape index (κ1) is 7.35. The molecule has 0 aliphatic carbocycles. The standard InChI is InChI=1S/C10H10NO/c1-8(12)11-7-6-9-4-2-3-5-10(9)11/h3-5H,6-7H2,1H3. The molecular weight excluding hydrogens is 150 g/mol. The van der Waals surface area contributed by atoms with Gasteiger partial charge in [-0.25, -0.2) is 0 Å². The van der Waals surface area contributed by atoms with E-state index in [4.69, 9.17) is 0 Å². The molecule has 12 heavy (non-hydrogen) atoms. The van der Waals surface area contributed by atoms with Gasteiger partial charge in [-0.1, -0.05) is 6.07 Å². The molecule has 1 aromatic rings. The van der Waals surface area contributed by atoms with Crippen molar-refractivity contribution in [2.75, 3.05) is 11.4 Å². The SMILES string of the molecule is CC(=O)N1CCc2c[c]ccc21. The molecule has 2 heteroatoms. The summed E-state index contributed by atoms with van der Waals surface area (Å²) in [6.45, 7) is 2.42. The van der Waals surface area contributed by atoms with Gasteiger partial charge in [-0.05, 0) is 30.2 Å². The maximum atomic E-state index is 11.1. The molecule has 1 aromatic carbocycles. The first-order chi connectivity index (χ1) is 5.79. The van der Waals surface area contributed by atoms with Crippen LogP contribution in [-0.4, -0.2) is 12.5 Å². The highest BCUT2D eigenvalue weighted by molar-refractivity contribution is 5.93. The molecule has 0 saturated carbocycles. The smallest absolute Gasteiger partial charge is 0.223 e. The van der Waals surface area contributed by atoms with Crippen LogP contribution in [0.3, 0.4) is 0 Å². The van der Waals surface area contributed by atoms with Crippen LogP contribution < -0.4 is 4.90 Å². The Hall–Kier alpha value is -1.31. The minimum atomic E-state index is 0.125. The Morgan fingerprint density at radius 1 is 1.67 bits per heavy atom. The van der Waals surface area contributed by atoms with Gasteiger partial charge in [0.2, 0.25) is 5.91 Å². The van der Waals surface area contributed by atoms with E-state index in [9.17, 15) is 4.79 Å². The van der Waals surface area contributed by atoms with E-state index < -0.39 is 0 Å². The Morgan fingerprint density at radius 3 is 3.25 bits per heavy atom. The van der Waals surface area contributed by atoms with Crippen molar-refractivity contribution < 1.29 is 4.79 Å². The van der Waals surface area contributed by atoms with E-state index >= 15 is 0 Å². The molecule has 0 N–H and O–H groups in total. The van der Waals surface area contributed by atoms with Crippen molar-refractivity contribution in [1.29, 1.82) is 0 Å². The van der Waals surface area contributed by atoms with Gasteiger partial charge >= 0.3 is 0 Å². The lowest BCUT2D eigenvalue weighted by atomic mass is 10.2. The van der Waals surface area contributed by atoms with E-state index in [1.807, 2.05) is 23.1 Å². The summed E-state index contributed by atoms with van der Waals surface area (Å²) in [5.41, 5.74) is 2.29. The van der Waals surface area contributed by atoms with Gasteiger partial charge in [0.25, 0.3) is 0 Å². The average molecular weight is 160 g/mol. The number of carbonyl (C=O) groups is 1. The lowest BCUT2D eigenvalue weighted by Gasteiger charge is -2.13. The number of hydrogen-bond donors (Lipinski definition) is 0. The summed E-state index contributed by atoms with van der Waals surface area (Å²) in [6.07, 6.45) is 0.965. The summed E-state index contributed by atoms with van der Waals surface area (Å²) in [4.78, 5) is 12.9. The fraction of sp³-hybridized carbons (Fsp3) is 0.300. The molecule has 1 heterocycles. The summed E-state index contributed by atoms with van der Waals surface area (Å²) in [7, 11) is 0. The molecule has 0 saturated heterocycles. The predicted molar refractivity (Wildman–Crippen MR) is 47.0 cm³/mol. The number of hydrogen-bond acceptors (Lipinski definition) is 1. The summed E-state index contributed by atoms with van der Waals surface area (Å²) in [5, 5.41) is 0. The second-order valence-electron chi connectivity index (χ2n) is 2.98. The molecule has 1 aliphatic rings. The maximum Gasteiger partial charge on any atom is 0.223 e. The van der Waals surface area contributed by atoms with Crippen molar-refractivity contribution in [3.8, 4) is 0 Å². The number of fused-ring (bicyclic) bond motifs is 1. The topological polar surface area (TPSA) is 20.3 Å². The number of nitrogens with zero attached hydrogens (tertiary/aromatic N) is 1. The fourth-order valence-corrected chi connectivity index (χ4v) is 1.60. The third kappa shape index (κ3) is 0.998. The Kier molecular flexibility index (Phi) is 1.61. The van der Waals surface area contributed by atoms with E-state index in [1.54, 1.807) is 6.92 Å². The fourth-order valence-electron chi connectivity index (χ4n) is 1.60. The largest absolute Gasteiger partial charge is 0.312 e. The van der Waals surface area contributed by atoms with Crippen LogP contribution in [-0.2, 0) is 11.2 Å². The number of rotatable bonds is 0. The number of amides is 1. The second-order valence-corrected chi connectivity index (χ2v) is 2.98.